The minimum absolute atomic E-state index is 0.0377. The van der Waals surface area contributed by atoms with Crippen LogP contribution in [0.25, 0.3) is 11.4 Å². The zero-order valence-corrected chi connectivity index (χ0v) is 17.3. The number of carbonyl (C=O) groups is 2. The molecule has 1 unspecified atom stereocenters. The van der Waals surface area contributed by atoms with Crippen molar-refractivity contribution in [2.24, 2.45) is 0 Å². The fourth-order valence-electron chi connectivity index (χ4n) is 2.76. The number of aryl methyl sites for hydroxylation is 2. The Balaban J connectivity index is 1.54. The van der Waals surface area contributed by atoms with Crippen molar-refractivity contribution in [3.05, 3.63) is 47.8 Å². The Morgan fingerprint density at radius 1 is 1.19 bits per heavy atom. The molecule has 31 heavy (non-hydrogen) atoms. The normalized spacial score (nSPS) is 11.8. The maximum atomic E-state index is 13.0. The van der Waals surface area contributed by atoms with E-state index in [9.17, 15) is 14.0 Å². The van der Waals surface area contributed by atoms with Crippen LogP contribution in [-0.2, 0) is 20.7 Å². The summed E-state index contributed by atoms with van der Waals surface area (Å²) >= 11 is 0. The van der Waals surface area contributed by atoms with Gasteiger partial charge in [-0.3, -0.25) is 9.59 Å². The molecule has 2 aromatic heterocycles. The summed E-state index contributed by atoms with van der Waals surface area (Å²) in [5.41, 5.74) is 0.596. The summed E-state index contributed by atoms with van der Waals surface area (Å²) in [4.78, 5) is 29.0. The van der Waals surface area contributed by atoms with Gasteiger partial charge in [-0.25, -0.2) is 4.39 Å². The first-order valence-corrected chi connectivity index (χ1v) is 9.96. The minimum atomic E-state index is -0.943. The molecule has 0 aliphatic heterocycles. The van der Waals surface area contributed by atoms with Crippen LogP contribution in [0, 0.1) is 12.7 Å². The van der Waals surface area contributed by atoms with Gasteiger partial charge >= 0.3 is 5.97 Å². The average Bonchev–Trinajstić information content (AvgIpc) is 3.39. The third-order valence-electron chi connectivity index (χ3n) is 4.38. The van der Waals surface area contributed by atoms with Gasteiger partial charge in [-0.05, 0) is 44.0 Å². The van der Waals surface area contributed by atoms with Gasteiger partial charge in [0.15, 0.2) is 11.9 Å². The molecule has 1 atom stereocenters. The zero-order chi connectivity index (χ0) is 22.2. The Labute approximate surface area is 177 Å². The van der Waals surface area contributed by atoms with E-state index in [0.717, 1.165) is 6.42 Å². The van der Waals surface area contributed by atoms with Crippen LogP contribution >= 0.6 is 0 Å². The van der Waals surface area contributed by atoms with Crippen molar-refractivity contribution < 1.29 is 27.8 Å². The molecule has 0 aliphatic rings. The van der Waals surface area contributed by atoms with Crippen molar-refractivity contribution in [1.82, 2.24) is 15.3 Å². The predicted octanol–water partition coefficient (Wildman–Crippen LogP) is 3.85. The number of nitrogens with zero attached hydrogens (tertiary/aromatic N) is 3. The van der Waals surface area contributed by atoms with E-state index in [4.69, 9.17) is 13.8 Å². The number of halogens is 1. The summed E-state index contributed by atoms with van der Waals surface area (Å²) in [6, 6.07) is 7.23. The number of ether oxygens (including phenoxy) is 1. The Kier molecular flexibility index (Phi) is 7.47. The van der Waals surface area contributed by atoms with Gasteiger partial charge in [-0.2, -0.15) is 4.98 Å². The lowest BCUT2D eigenvalue weighted by atomic mass is 10.1. The number of aromatic nitrogens is 3. The van der Waals surface area contributed by atoms with Gasteiger partial charge in [-0.1, -0.05) is 23.7 Å². The van der Waals surface area contributed by atoms with E-state index in [1.54, 1.807) is 13.0 Å². The van der Waals surface area contributed by atoms with E-state index >= 15 is 0 Å². The molecule has 0 saturated carbocycles. The van der Waals surface area contributed by atoms with Gasteiger partial charge in [0.05, 0.1) is 6.42 Å². The Bertz CT molecular complexity index is 1010. The summed E-state index contributed by atoms with van der Waals surface area (Å²) < 4.78 is 28.5. The van der Waals surface area contributed by atoms with Crippen molar-refractivity contribution >= 4 is 17.7 Å². The second-order valence-corrected chi connectivity index (χ2v) is 6.95. The molecule has 164 valence electrons. The third kappa shape index (κ3) is 6.46. The molecule has 0 radical (unpaired) electrons. The number of nitrogens with one attached hydrogen (secondary N) is 1. The Morgan fingerprint density at radius 3 is 2.65 bits per heavy atom. The topological polar surface area (TPSA) is 120 Å². The first-order chi connectivity index (χ1) is 14.9. The molecule has 10 heteroatoms. The molecule has 0 saturated heterocycles. The van der Waals surface area contributed by atoms with Gasteiger partial charge in [0.25, 0.3) is 5.91 Å². The molecular weight excluding hydrogens is 407 g/mol. The van der Waals surface area contributed by atoms with Crippen LogP contribution in [0.5, 0.6) is 0 Å². The van der Waals surface area contributed by atoms with Gasteiger partial charge < -0.3 is 19.1 Å². The quantitative estimate of drug-likeness (QED) is 0.482. The summed E-state index contributed by atoms with van der Waals surface area (Å²) in [7, 11) is 0. The monoisotopic (exact) mass is 430 g/mol. The largest absolute Gasteiger partial charge is 0.452 e. The molecule has 1 N–H and O–H groups in total. The molecule has 0 spiro atoms. The van der Waals surface area contributed by atoms with E-state index in [-0.39, 0.29) is 30.4 Å². The second-order valence-electron chi connectivity index (χ2n) is 6.95. The molecule has 2 heterocycles. The van der Waals surface area contributed by atoms with Crippen LogP contribution in [0.15, 0.2) is 39.4 Å². The molecule has 9 nitrogen and oxygen atoms in total. The van der Waals surface area contributed by atoms with Crippen molar-refractivity contribution in [3.63, 3.8) is 0 Å². The van der Waals surface area contributed by atoms with E-state index in [0.29, 0.717) is 30.0 Å². The highest BCUT2D eigenvalue weighted by Gasteiger charge is 2.24. The standard InChI is InChI=1S/C21H23FN4O5/c1-3-4-5-16(21(28)23-17-12-13(2)30-25-17)29-19(27)11-10-18-24-20(26-31-18)14-6-8-15(22)9-7-14/h6-9,12,16H,3-5,10-11H2,1-2H3,(H,23,25,28). The molecule has 3 aromatic rings. The van der Waals surface area contributed by atoms with E-state index in [1.165, 1.54) is 24.3 Å². The lowest BCUT2D eigenvalue weighted by Gasteiger charge is -2.16. The number of unbranched alkanes of at least 4 members (excludes halogenated alkanes) is 1. The van der Waals surface area contributed by atoms with Gasteiger partial charge in [-0.15, -0.1) is 0 Å². The molecule has 0 aliphatic carbocycles. The molecule has 0 bridgehead atoms. The number of anilines is 1. The lowest BCUT2D eigenvalue weighted by Crippen LogP contribution is -2.32. The van der Waals surface area contributed by atoms with Gasteiger partial charge in [0.2, 0.25) is 11.7 Å². The van der Waals surface area contributed by atoms with E-state index in [2.05, 4.69) is 20.6 Å². The van der Waals surface area contributed by atoms with Gasteiger partial charge in [0.1, 0.15) is 11.6 Å². The molecular formula is C21H23FN4O5. The number of benzene rings is 1. The highest BCUT2D eigenvalue weighted by molar-refractivity contribution is 5.94. The predicted molar refractivity (Wildman–Crippen MR) is 107 cm³/mol. The third-order valence-corrected chi connectivity index (χ3v) is 4.38. The van der Waals surface area contributed by atoms with Crippen LogP contribution in [0.3, 0.4) is 0 Å². The van der Waals surface area contributed by atoms with Gasteiger partial charge in [0, 0.05) is 18.1 Å². The second kappa shape index (κ2) is 10.5. The van der Waals surface area contributed by atoms with Crippen molar-refractivity contribution in [3.8, 4) is 11.4 Å². The smallest absolute Gasteiger partial charge is 0.307 e. The van der Waals surface area contributed by atoms with Crippen LogP contribution in [0.1, 0.15) is 44.3 Å². The van der Waals surface area contributed by atoms with Crippen molar-refractivity contribution in [1.29, 1.82) is 0 Å². The van der Waals surface area contributed by atoms with Crippen molar-refractivity contribution in [2.45, 2.75) is 52.1 Å². The van der Waals surface area contributed by atoms with E-state index in [1.807, 2.05) is 6.92 Å². The summed E-state index contributed by atoms with van der Waals surface area (Å²) in [6.07, 6.45) is 1.12. The number of rotatable bonds is 10. The number of hydrogen-bond acceptors (Lipinski definition) is 8. The Morgan fingerprint density at radius 2 is 1.97 bits per heavy atom. The van der Waals surface area contributed by atoms with Crippen LogP contribution < -0.4 is 5.32 Å². The highest BCUT2D eigenvalue weighted by Crippen LogP contribution is 2.17. The number of hydrogen-bond donors (Lipinski definition) is 1. The lowest BCUT2D eigenvalue weighted by molar-refractivity contribution is -0.154. The molecule has 1 amide bonds. The Hall–Kier alpha value is -3.56. The summed E-state index contributed by atoms with van der Waals surface area (Å²) in [6.45, 7) is 3.68. The first kappa shape index (κ1) is 22.1. The number of amides is 1. The highest BCUT2D eigenvalue weighted by atomic mass is 19.1. The fraction of sp³-hybridized carbons (Fsp3) is 0.381. The minimum Gasteiger partial charge on any atom is -0.452 e. The number of esters is 1. The maximum Gasteiger partial charge on any atom is 0.307 e. The zero-order valence-electron chi connectivity index (χ0n) is 17.3. The van der Waals surface area contributed by atoms with E-state index < -0.39 is 18.0 Å². The SMILES string of the molecule is CCCCC(OC(=O)CCc1nc(-c2ccc(F)cc2)no1)C(=O)Nc1cc(C)on1. The van der Waals surface area contributed by atoms with Crippen LogP contribution in [0.2, 0.25) is 0 Å². The summed E-state index contributed by atoms with van der Waals surface area (Å²) in [5, 5.41) is 10.1. The first-order valence-electron chi connectivity index (χ1n) is 9.96. The van der Waals surface area contributed by atoms with Crippen LogP contribution in [0.4, 0.5) is 10.2 Å². The molecule has 1 aromatic carbocycles. The maximum absolute atomic E-state index is 13.0. The summed E-state index contributed by atoms with van der Waals surface area (Å²) in [5.74, 6) is -0.0391. The van der Waals surface area contributed by atoms with Crippen molar-refractivity contribution in [2.75, 3.05) is 5.32 Å². The fourth-order valence-corrected chi connectivity index (χ4v) is 2.76. The molecule has 0 fully saturated rings. The number of carbonyl (C=O) groups excluding carboxylic acids is 2. The molecule has 3 rings (SSSR count). The van der Waals surface area contributed by atoms with Crippen LogP contribution in [-0.4, -0.2) is 33.3 Å². The average molecular weight is 430 g/mol.